The molecule has 0 aliphatic carbocycles. The summed E-state index contributed by atoms with van der Waals surface area (Å²) < 4.78 is 14.1. The van der Waals surface area contributed by atoms with Gasteiger partial charge in [-0.2, -0.15) is 0 Å². The minimum absolute atomic E-state index is 0.237. The SMILES string of the molecule is CSc1nnc(CN2CCCc3c(NC(=O)c4ccc(F)cc4)cccc32)s1. The molecule has 0 atom stereocenters. The fourth-order valence-corrected chi connectivity index (χ4v) is 4.66. The number of carbonyl (C=O) groups is 1. The highest BCUT2D eigenvalue weighted by atomic mass is 32.2. The topological polar surface area (TPSA) is 58.1 Å². The van der Waals surface area contributed by atoms with Crippen molar-refractivity contribution in [2.45, 2.75) is 23.7 Å². The minimum atomic E-state index is -0.356. The summed E-state index contributed by atoms with van der Waals surface area (Å²) in [6.45, 7) is 1.65. The van der Waals surface area contributed by atoms with Gasteiger partial charge in [-0.15, -0.1) is 10.2 Å². The molecule has 0 radical (unpaired) electrons. The summed E-state index contributed by atoms with van der Waals surface area (Å²) in [5.41, 5.74) is 3.48. The second-order valence-electron chi connectivity index (χ2n) is 6.46. The van der Waals surface area contributed by atoms with Crippen molar-refractivity contribution in [1.82, 2.24) is 10.2 Å². The van der Waals surface area contributed by atoms with Crippen LogP contribution in [0.25, 0.3) is 0 Å². The molecular formula is C20H19FN4OS2. The molecule has 0 bridgehead atoms. The first-order valence-electron chi connectivity index (χ1n) is 8.94. The van der Waals surface area contributed by atoms with Gasteiger partial charge in [-0.25, -0.2) is 4.39 Å². The van der Waals surface area contributed by atoms with Crippen molar-refractivity contribution in [3.63, 3.8) is 0 Å². The zero-order chi connectivity index (χ0) is 19.5. The molecule has 144 valence electrons. The normalized spacial score (nSPS) is 13.3. The monoisotopic (exact) mass is 414 g/mol. The largest absolute Gasteiger partial charge is 0.364 e. The molecule has 1 aliphatic rings. The van der Waals surface area contributed by atoms with E-state index >= 15 is 0 Å². The Bertz CT molecular complexity index is 990. The number of fused-ring (bicyclic) bond motifs is 1. The van der Waals surface area contributed by atoms with Crippen molar-refractivity contribution >= 4 is 40.4 Å². The Kier molecular flexibility index (Phi) is 5.59. The van der Waals surface area contributed by atoms with Crippen LogP contribution < -0.4 is 10.2 Å². The molecule has 1 aromatic heterocycles. The van der Waals surface area contributed by atoms with Gasteiger partial charge < -0.3 is 10.2 Å². The van der Waals surface area contributed by atoms with Crippen LogP contribution in [0, 0.1) is 5.82 Å². The van der Waals surface area contributed by atoms with E-state index in [1.807, 2.05) is 18.4 Å². The minimum Gasteiger partial charge on any atom is -0.364 e. The average Bonchev–Trinajstić information content (AvgIpc) is 3.17. The van der Waals surface area contributed by atoms with E-state index in [-0.39, 0.29) is 11.7 Å². The molecule has 0 saturated heterocycles. The zero-order valence-corrected chi connectivity index (χ0v) is 16.9. The number of rotatable bonds is 5. The molecule has 0 saturated carbocycles. The Hall–Kier alpha value is -2.45. The predicted molar refractivity (Wildman–Crippen MR) is 112 cm³/mol. The van der Waals surface area contributed by atoms with Gasteiger partial charge in [0.1, 0.15) is 10.8 Å². The summed E-state index contributed by atoms with van der Waals surface area (Å²) >= 11 is 3.21. The van der Waals surface area contributed by atoms with Crippen LogP contribution in [-0.4, -0.2) is 28.9 Å². The fourth-order valence-electron chi connectivity index (χ4n) is 3.33. The molecule has 4 rings (SSSR count). The first-order chi connectivity index (χ1) is 13.6. The second-order valence-corrected chi connectivity index (χ2v) is 8.57. The van der Waals surface area contributed by atoms with Crippen molar-refractivity contribution in [2.24, 2.45) is 0 Å². The molecule has 3 aromatic rings. The van der Waals surface area contributed by atoms with Crippen molar-refractivity contribution in [3.05, 3.63) is 64.4 Å². The number of aromatic nitrogens is 2. The third kappa shape index (κ3) is 4.02. The van der Waals surface area contributed by atoms with Crippen molar-refractivity contribution in [2.75, 3.05) is 23.0 Å². The highest BCUT2D eigenvalue weighted by molar-refractivity contribution is 8.00. The summed E-state index contributed by atoms with van der Waals surface area (Å²) in [4.78, 5) is 14.8. The van der Waals surface area contributed by atoms with Crippen LogP contribution in [0.2, 0.25) is 0 Å². The molecule has 0 spiro atoms. The lowest BCUT2D eigenvalue weighted by Crippen LogP contribution is -2.29. The van der Waals surface area contributed by atoms with E-state index in [1.54, 1.807) is 23.1 Å². The molecule has 8 heteroatoms. The van der Waals surface area contributed by atoms with E-state index in [4.69, 9.17) is 0 Å². The number of halogens is 1. The van der Waals surface area contributed by atoms with Crippen molar-refractivity contribution in [3.8, 4) is 0 Å². The molecule has 28 heavy (non-hydrogen) atoms. The fraction of sp³-hybridized carbons (Fsp3) is 0.250. The number of nitrogens with one attached hydrogen (secondary N) is 1. The van der Waals surface area contributed by atoms with E-state index in [2.05, 4.69) is 26.5 Å². The highest BCUT2D eigenvalue weighted by Gasteiger charge is 2.22. The number of hydrogen-bond donors (Lipinski definition) is 1. The van der Waals surface area contributed by atoms with Gasteiger partial charge in [0.25, 0.3) is 5.91 Å². The Morgan fingerprint density at radius 2 is 2.07 bits per heavy atom. The van der Waals surface area contributed by atoms with Crippen LogP contribution in [0.4, 0.5) is 15.8 Å². The summed E-state index contributed by atoms with van der Waals surface area (Å²) in [5.74, 6) is -0.593. The summed E-state index contributed by atoms with van der Waals surface area (Å²) in [6, 6.07) is 11.5. The third-order valence-electron chi connectivity index (χ3n) is 4.65. The number of nitrogens with zero attached hydrogens (tertiary/aromatic N) is 3. The first kappa shape index (κ1) is 18.9. The molecule has 1 N–H and O–H groups in total. The Morgan fingerprint density at radius 1 is 1.25 bits per heavy atom. The van der Waals surface area contributed by atoms with Crippen molar-refractivity contribution in [1.29, 1.82) is 0 Å². The third-order valence-corrected chi connectivity index (χ3v) is 6.53. The molecule has 5 nitrogen and oxygen atoms in total. The van der Waals surface area contributed by atoms with Gasteiger partial charge in [-0.3, -0.25) is 4.79 Å². The number of carbonyl (C=O) groups excluding carboxylic acids is 1. The Morgan fingerprint density at radius 3 is 2.82 bits per heavy atom. The van der Waals surface area contributed by atoms with E-state index < -0.39 is 0 Å². The van der Waals surface area contributed by atoms with E-state index in [1.165, 1.54) is 24.3 Å². The van der Waals surface area contributed by atoms with Crippen LogP contribution in [0.5, 0.6) is 0 Å². The number of thioether (sulfide) groups is 1. The summed E-state index contributed by atoms with van der Waals surface area (Å²) in [6.07, 6.45) is 3.90. The summed E-state index contributed by atoms with van der Waals surface area (Å²) in [5, 5.41) is 12.4. The first-order valence-corrected chi connectivity index (χ1v) is 11.0. The maximum atomic E-state index is 13.1. The van der Waals surface area contributed by atoms with Gasteiger partial charge in [-0.05, 0) is 61.1 Å². The van der Waals surface area contributed by atoms with Gasteiger partial charge in [-0.1, -0.05) is 29.2 Å². The molecule has 1 aliphatic heterocycles. The number of benzene rings is 2. The molecule has 2 aromatic carbocycles. The van der Waals surface area contributed by atoms with Crippen LogP contribution >= 0.6 is 23.1 Å². The standard InChI is InChI=1S/C20H19FN4OS2/c1-27-20-24-23-18(28-20)12-25-11-3-4-15-16(5-2-6-17(15)25)22-19(26)13-7-9-14(21)10-8-13/h2,5-10H,3-4,11-12H2,1H3,(H,22,26). The van der Waals surface area contributed by atoms with Gasteiger partial charge in [0.2, 0.25) is 0 Å². The van der Waals surface area contributed by atoms with Gasteiger partial charge in [0, 0.05) is 23.5 Å². The van der Waals surface area contributed by atoms with E-state index in [0.29, 0.717) is 12.1 Å². The highest BCUT2D eigenvalue weighted by Crippen LogP contribution is 2.34. The second kappa shape index (κ2) is 8.28. The van der Waals surface area contributed by atoms with E-state index in [9.17, 15) is 9.18 Å². The molecular weight excluding hydrogens is 395 g/mol. The maximum absolute atomic E-state index is 13.1. The van der Waals surface area contributed by atoms with Gasteiger partial charge in [0.15, 0.2) is 4.34 Å². The smallest absolute Gasteiger partial charge is 0.255 e. The zero-order valence-electron chi connectivity index (χ0n) is 15.3. The lowest BCUT2D eigenvalue weighted by molar-refractivity contribution is 0.102. The van der Waals surface area contributed by atoms with Crippen LogP contribution in [-0.2, 0) is 13.0 Å². The molecule has 0 fully saturated rings. The Labute approximate surface area is 171 Å². The number of amides is 1. The molecule has 0 unspecified atom stereocenters. The number of anilines is 2. The Balaban J connectivity index is 1.56. The quantitative estimate of drug-likeness (QED) is 0.618. The maximum Gasteiger partial charge on any atom is 0.255 e. The molecule has 2 heterocycles. The van der Waals surface area contributed by atoms with Gasteiger partial charge >= 0.3 is 0 Å². The van der Waals surface area contributed by atoms with Crippen LogP contribution in [0.15, 0.2) is 46.8 Å². The van der Waals surface area contributed by atoms with Crippen LogP contribution in [0.3, 0.4) is 0 Å². The van der Waals surface area contributed by atoms with Crippen molar-refractivity contribution < 1.29 is 9.18 Å². The summed E-state index contributed by atoms with van der Waals surface area (Å²) in [7, 11) is 0. The lowest BCUT2D eigenvalue weighted by atomic mass is 9.99. The average molecular weight is 415 g/mol. The predicted octanol–water partition coefficient (Wildman–Crippen LogP) is 4.60. The lowest BCUT2D eigenvalue weighted by Gasteiger charge is -2.31. The van der Waals surface area contributed by atoms with E-state index in [0.717, 1.165) is 45.7 Å². The van der Waals surface area contributed by atoms with Gasteiger partial charge in [0.05, 0.1) is 6.54 Å². The van der Waals surface area contributed by atoms with Crippen LogP contribution in [0.1, 0.15) is 27.3 Å². The number of hydrogen-bond acceptors (Lipinski definition) is 6. The molecule has 1 amide bonds.